The number of rotatable bonds is 0. The zero-order valence-electron chi connectivity index (χ0n) is 17.9. The van der Waals surface area contributed by atoms with Gasteiger partial charge in [-0.1, -0.05) is 52.4 Å². The molecule has 0 unspecified atom stereocenters. The molecule has 0 aliphatic heterocycles. The number of Topliss-reactive ketones (excluding diaryl/α,β-unsaturated/α-hetero) is 1. The molecule has 3 aliphatic rings. The minimum Gasteiger partial charge on any atom is -0.293 e. The largest absolute Gasteiger partial charge is 0.293 e. The molecule has 0 bridgehead atoms. The molecule has 0 radical (unpaired) electrons. The van der Waals surface area contributed by atoms with E-state index in [1.807, 2.05) is 26.8 Å². The lowest BCUT2D eigenvalue weighted by molar-refractivity contribution is -0.130. The molecule has 148 valence electrons. The standard InChI is InChI=1S/C24H26N2O2Si/c1-22(2)19-7-8-24(9-10-29(4,5)6)13-16(14-25)18(27)11-20(24)23(19,3)12-17(15-26)21(22)28/h11-13,19H,7-8H2,1-6H3/t19-,23+,24-/m0/s1. The monoisotopic (exact) mass is 402 g/mol. The topological polar surface area (TPSA) is 81.7 Å². The van der Waals surface area contributed by atoms with Crippen LogP contribution in [-0.4, -0.2) is 19.6 Å². The SMILES string of the molecule is CC1(C)C(=O)C(C#N)=C[C@@]2(C)C3=CC(=O)C(C#N)=C[C@@]3(C#C[Si](C)(C)C)CC[C@@H]12. The maximum Gasteiger partial charge on any atom is 0.196 e. The Hall–Kier alpha value is -2.68. The second kappa shape index (κ2) is 6.41. The van der Waals surface area contributed by atoms with Crippen LogP contribution in [0.15, 0.2) is 34.9 Å². The van der Waals surface area contributed by atoms with Gasteiger partial charge >= 0.3 is 0 Å². The molecule has 4 nitrogen and oxygen atoms in total. The quantitative estimate of drug-likeness (QED) is 0.447. The van der Waals surface area contributed by atoms with Crippen LogP contribution < -0.4 is 0 Å². The lowest BCUT2D eigenvalue weighted by atomic mass is 9.45. The van der Waals surface area contributed by atoms with E-state index >= 15 is 0 Å². The number of carbonyl (C=O) groups excluding carboxylic acids is 2. The molecule has 29 heavy (non-hydrogen) atoms. The van der Waals surface area contributed by atoms with Gasteiger partial charge in [-0.2, -0.15) is 10.5 Å². The summed E-state index contributed by atoms with van der Waals surface area (Å²) in [7, 11) is -1.71. The molecule has 0 saturated heterocycles. The minimum absolute atomic E-state index is 0.0440. The molecule has 3 atom stereocenters. The predicted molar refractivity (Wildman–Crippen MR) is 114 cm³/mol. The number of nitrogens with zero attached hydrogens (tertiary/aromatic N) is 2. The first-order valence-electron chi connectivity index (χ1n) is 9.93. The third kappa shape index (κ3) is 3.13. The van der Waals surface area contributed by atoms with Crippen molar-refractivity contribution in [1.82, 2.24) is 0 Å². The Morgan fingerprint density at radius 3 is 2.21 bits per heavy atom. The molecule has 0 aromatic rings. The van der Waals surface area contributed by atoms with Gasteiger partial charge in [0.25, 0.3) is 0 Å². The Labute approximate surface area is 174 Å². The first-order chi connectivity index (χ1) is 13.3. The van der Waals surface area contributed by atoms with E-state index in [9.17, 15) is 20.1 Å². The number of hydrogen-bond acceptors (Lipinski definition) is 4. The molecule has 0 aromatic heterocycles. The average Bonchev–Trinajstić information content (AvgIpc) is 2.63. The second-order valence-corrected chi connectivity index (χ2v) is 14.9. The van der Waals surface area contributed by atoms with Crippen LogP contribution in [0.25, 0.3) is 0 Å². The summed E-state index contributed by atoms with van der Waals surface area (Å²) in [5, 5.41) is 19.1. The van der Waals surface area contributed by atoms with Crippen molar-refractivity contribution < 1.29 is 9.59 Å². The van der Waals surface area contributed by atoms with Gasteiger partial charge in [-0.15, -0.1) is 5.54 Å². The van der Waals surface area contributed by atoms with Crippen molar-refractivity contribution in [3.8, 4) is 23.6 Å². The van der Waals surface area contributed by atoms with Crippen LogP contribution >= 0.6 is 0 Å². The van der Waals surface area contributed by atoms with Gasteiger partial charge in [-0.3, -0.25) is 9.59 Å². The van der Waals surface area contributed by atoms with Crippen LogP contribution in [-0.2, 0) is 9.59 Å². The van der Waals surface area contributed by atoms with Crippen molar-refractivity contribution in [1.29, 1.82) is 10.5 Å². The summed E-state index contributed by atoms with van der Waals surface area (Å²) in [5.74, 6) is 2.95. The number of ketones is 2. The zero-order chi connectivity index (χ0) is 21.8. The molecule has 5 heteroatoms. The van der Waals surface area contributed by atoms with Crippen LogP contribution in [0, 0.1) is 56.3 Å². The summed E-state index contributed by atoms with van der Waals surface area (Å²) >= 11 is 0. The van der Waals surface area contributed by atoms with E-state index in [0.717, 1.165) is 12.0 Å². The first kappa shape index (κ1) is 21.0. The normalized spacial score (nSPS) is 32.8. The van der Waals surface area contributed by atoms with Gasteiger partial charge in [-0.25, -0.2) is 0 Å². The molecule has 0 spiro atoms. The summed E-state index contributed by atoms with van der Waals surface area (Å²) in [6.45, 7) is 12.3. The highest BCUT2D eigenvalue weighted by Crippen LogP contribution is 2.63. The van der Waals surface area contributed by atoms with Crippen LogP contribution in [0.5, 0.6) is 0 Å². The maximum atomic E-state index is 12.9. The molecular weight excluding hydrogens is 376 g/mol. The molecule has 0 heterocycles. The molecule has 3 aliphatic carbocycles. The summed E-state index contributed by atoms with van der Waals surface area (Å²) in [6, 6.07) is 4.09. The highest BCUT2D eigenvalue weighted by Gasteiger charge is 2.59. The van der Waals surface area contributed by atoms with Crippen molar-refractivity contribution in [3.05, 3.63) is 34.9 Å². The lowest BCUT2D eigenvalue weighted by Gasteiger charge is -2.56. The first-order valence-corrected chi connectivity index (χ1v) is 13.4. The number of carbonyl (C=O) groups is 2. The van der Waals surface area contributed by atoms with Crippen LogP contribution in [0.3, 0.4) is 0 Å². The van der Waals surface area contributed by atoms with E-state index in [0.29, 0.717) is 6.42 Å². The van der Waals surface area contributed by atoms with E-state index in [1.165, 1.54) is 0 Å². The molecule has 1 fully saturated rings. The fourth-order valence-electron chi connectivity index (χ4n) is 5.23. The maximum absolute atomic E-state index is 12.9. The second-order valence-electron chi connectivity index (χ2n) is 10.2. The van der Waals surface area contributed by atoms with Gasteiger partial charge in [0.2, 0.25) is 0 Å². The number of nitriles is 2. The molecule has 0 amide bonds. The summed E-state index contributed by atoms with van der Waals surface area (Å²) < 4.78 is 0. The van der Waals surface area contributed by atoms with E-state index in [4.69, 9.17) is 0 Å². The smallest absolute Gasteiger partial charge is 0.196 e. The van der Waals surface area contributed by atoms with E-state index in [1.54, 1.807) is 18.2 Å². The number of hydrogen-bond donors (Lipinski definition) is 0. The summed E-state index contributed by atoms with van der Waals surface area (Å²) in [5.41, 5.74) is 2.45. The third-order valence-electron chi connectivity index (χ3n) is 6.59. The molecule has 1 saturated carbocycles. The van der Waals surface area contributed by atoms with E-state index < -0.39 is 24.3 Å². The molecule has 0 N–H and O–H groups in total. The Balaban J connectivity index is 2.32. The van der Waals surface area contributed by atoms with E-state index in [2.05, 4.69) is 37.2 Å². The lowest BCUT2D eigenvalue weighted by Crippen LogP contribution is -2.53. The van der Waals surface area contributed by atoms with Crippen LogP contribution in [0.1, 0.15) is 33.6 Å². The average molecular weight is 403 g/mol. The number of fused-ring (bicyclic) bond motifs is 3. The Kier molecular flexibility index (Phi) is 4.65. The number of allylic oxidation sites excluding steroid dienone is 6. The van der Waals surface area contributed by atoms with Crippen molar-refractivity contribution in [3.63, 3.8) is 0 Å². The summed E-state index contributed by atoms with van der Waals surface area (Å²) in [4.78, 5) is 25.5. The Bertz CT molecular complexity index is 1060. The zero-order valence-corrected chi connectivity index (χ0v) is 18.9. The van der Waals surface area contributed by atoms with Gasteiger partial charge in [-0.05, 0) is 36.5 Å². The fraction of sp³-hybridized carbons (Fsp3) is 0.500. The van der Waals surface area contributed by atoms with Gasteiger partial charge in [0.05, 0.1) is 16.6 Å². The van der Waals surface area contributed by atoms with Gasteiger partial charge in [0, 0.05) is 10.8 Å². The Morgan fingerprint density at radius 1 is 1.03 bits per heavy atom. The van der Waals surface area contributed by atoms with Crippen molar-refractivity contribution in [2.45, 2.75) is 53.3 Å². The predicted octanol–water partition coefficient (Wildman–Crippen LogP) is 4.29. The molecule has 3 rings (SSSR count). The van der Waals surface area contributed by atoms with Gasteiger partial charge < -0.3 is 0 Å². The van der Waals surface area contributed by atoms with Crippen molar-refractivity contribution in [2.75, 3.05) is 0 Å². The fourth-order valence-corrected chi connectivity index (χ4v) is 5.83. The van der Waals surface area contributed by atoms with Gasteiger partial charge in [0.1, 0.15) is 20.2 Å². The van der Waals surface area contributed by atoms with Crippen LogP contribution in [0.4, 0.5) is 0 Å². The highest BCUT2D eigenvalue weighted by atomic mass is 28.3. The summed E-state index contributed by atoms with van der Waals surface area (Å²) in [6.07, 6.45) is 6.43. The molecule has 0 aromatic carbocycles. The van der Waals surface area contributed by atoms with E-state index in [-0.39, 0.29) is 28.6 Å². The van der Waals surface area contributed by atoms with Crippen LogP contribution in [0.2, 0.25) is 19.6 Å². The molecular formula is C24H26N2O2Si. The Morgan fingerprint density at radius 2 is 1.66 bits per heavy atom. The van der Waals surface area contributed by atoms with Gasteiger partial charge in [0.15, 0.2) is 11.6 Å². The highest BCUT2D eigenvalue weighted by molar-refractivity contribution is 6.83. The van der Waals surface area contributed by atoms with Crippen molar-refractivity contribution in [2.24, 2.45) is 22.2 Å². The third-order valence-corrected chi connectivity index (χ3v) is 7.47. The van der Waals surface area contributed by atoms with Crippen molar-refractivity contribution >= 4 is 19.6 Å². The minimum atomic E-state index is -1.71.